The van der Waals surface area contributed by atoms with Crippen LogP contribution in [0, 0.1) is 12.3 Å². The Labute approximate surface area is 225 Å². The Bertz CT molecular complexity index is 1580. The van der Waals surface area contributed by atoms with Gasteiger partial charge in [0.2, 0.25) is 0 Å². The van der Waals surface area contributed by atoms with E-state index in [-0.39, 0.29) is 29.4 Å². The lowest BCUT2D eigenvalue weighted by molar-refractivity contribution is 0.181. The predicted octanol–water partition coefficient (Wildman–Crippen LogP) is 5.28. The minimum absolute atomic E-state index is 0.124. The van der Waals surface area contributed by atoms with E-state index in [4.69, 9.17) is 16.0 Å². The van der Waals surface area contributed by atoms with Crippen molar-refractivity contribution >= 4 is 34.4 Å². The molecule has 0 spiro atoms. The smallest absolute Gasteiger partial charge is 0.253 e. The molecule has 0 saturated carbocycles. The number of hydrogen-bond acceptors (Lipinski definition) is 8. The maximum absolute atomic E-state index is 12.7. The summed E-state index contributed by atoms with van der Waals surface area (Å²) < 4.78 is 5.84. The third-order valence-electron chi connectivity index (χ3n) is 7.02. The van der Waals surface area contributed by atoms with E-state index in [2.05, 4.69) is 10.6 Å². The van der Waals surface area contributed by atoms with Gasteiger partial charge in [0, 0.05) is 34.1 Å². The van der Waals surface area contributed by atoms with Gasteiger partial charge in [-0.25, -0.2) is 0 Å². The van der Waals surface area contributed by atoms with Crippen LogP contribution in [0.5, 0.6) is 0 Å². The second kappa shape index (κ2) is 9.62. The van der Waals surface area contributed by atoms with Gasteiger partial charge in [-0.3, -0.25) is 9.59 Å². The normalized spacial score (nSPS) is 16.1. The van der Waals surface area contributed by atoms with Crippen LogP contribution in [-0.4, -0.2) is 10.2 Å². The van der Waals surface area contributed by atoms with E-state index in [9.17, 15) is 19.8 Å². The fourth-order valence-electron chi connectivity index (χ4n) is 5.01. The molecule has 4 N–H and O–H groups in total. The van der Waals surface area contributed by atoms with Crippen LogP contribution in [0.2, 0.25) is 5.02 Å². The predicted molar refractivity (Wildman–Crippen MR) is 149 cm³/mol. The summed E-state index contributed by atoms with van der Waals surface area (Å²) in [6.45, 7) is 8.02. The highest BCUT2D eigenvalue weighted by Gasteiger charge is 2.36. The zero-order valence-electron chi connectivity index (χ0n) is 21.6. The van der Waals surface area contributed by atoms with Crippen molar-refractivity contribution in [2.45, 2.75) is 53.1 Å². The highest BCUT2D eigenvalue weighted by atomic mass is 35.5. The summed E-state index contributed by atoms with van der Waals surface area (Å²) in [5, 5.41) is 28.0. The van der Waals surface area contributed by atoms with E-state index >= 15 is 0 Å². The van der Waals surface area contributed by atoms with Crippen LogP contribution in [0.1, 0.15) is 61.3 Å². The van der Waals surface area contributed by atoms with Crippen molar-refractivity contribution in [3.63, 3.8) is 0 Å². The maximum Gasteiger partial charge on any atom is 0.253 e. The average Bonchev–Trinajstić information content (AvgIpc) is 3.47. The van der Waals surface area contributed by atoms with Crippen LogP contribution in [0.25, 0.3) is 0 Å². The van der Waals surface area contributed by atoms with Crippen molar-refractivity contribution in [2.24, 2.45) is 5.41 Å². The van der Waals surface area contributed by atoms with Crippen LogP contribution in [0.4, 0.5) is 22.7 Å². The Kier molecular flexibility index (Phi) is 6.59. The average molecular weight is 536 g/mol. The first kappa shape index (κ1) is 26.0. The van der Waals surface area contributed by atoms with Crippen molar-refractivity contribution < 1.29 is 14.6 Å². The summed E-state index contributed by atoms with van der Waals surface area (Å²) >= 11 is 6.52. The standard InChI is InChI=1S/C29H30ClN3O5/c1-15-9-12-21(38-15)27(29(2,3)4)32-24-23(25(35)26(24)36)31-19-11-10-18(30)17-13-33(28(37)22(17)19)20-8-6-5-7-16(20)14-34/h5-12,27-28,31-32,34,37H,13-14H2,1-4H3/t27-,28?/m0/s1. The second-order valence-corrected chi connectivity index (χ2v) is 11.1. The lowest BCUT2D eigenvalue weighted by atomic mass is 9.85. The number of furan rings is 1. The van der Waals surface area contributed by atoms with Crippen molar-refractivity contribution in [3.05, 3.63) is 102 Å². The lowest BCUT2D eigenvalue weighted by Crippen LogP contribution is -2.39. The van der Waals surface area contributed by atoms with Crippen LogP contribution in [0.15, 0.2) is 62.5 Å². The highest BCUT2D eigenvalue weighted by molar-refractivity contribution is 6.31. The molecule has 4 aromatic rings. The van der Waals surface area contributed by atoms with Crippen LogP contribution < -0.4 is 26.4 Å². The van der Waals surface area contributed by atoms with Crippen LogP contribution >= 0.6 is 11.6 Å². The van der Waals surface area contributed by atoms with Crippen molar-refractivity contribution in [3.8, 4) is 0 Å². The third-order valence-corrected chi connectivity index (χ3v) is 7.38. The number of hydrogen-bond donors (Lipinski definition) is 4. The molecule has 3 aromatic carbocycles. The molecule has 2 heterocycles. The van der Waals surface area contributed by atoms with Gasteiger partial charge in [0.1, 0.15) is 22.9 Å². The molecule has 2 atom stereocenters. The quantitative estimate of drug-likeness (QED) is 0.236. The van der Waals surface area contributed by atoms with E-state index in [1.807, 2.05) is 58.0 Å². The van der Waals surface area contributed by atoms with Crippen molar-refractivity contribution in [1.82, 2.24) is 0 Å². The molecule has 198 valence electrons. The Hall–Kier alpha value is -3.59. The minimum Gasteiger partial charge on any atom is -0.464 e. The van der Waals surface area contributed by atoms with Crippen LogP contribution in [-0.2, 0) is 13.2 Å². The molecule has 0 amide bonds. The molecule has 0 aliphatic carbocycles. The summed E-state index contributed by atoms with van der Waals surface area (Å²) in [6.07, 6.45) is -1.09. The Morgan fingerprint density at radius 2 is 1.79 bits per heavy atom. The fourth-order valence-corrected chi connectivity index (χ4v) is 5.23. The number of halogens is 1. The van der Waals surface area contributed by atoms with Gasteiger partial charge < -0.3 is 30.2 Å². The van der Waals surface area contributed by atoms with Gasteiger partial charge in [-0.1, -0.05) is 50.6 Å². The minimum atomic E-state index is -1.09. The SMILES string of the molecule is Cc1ccc([C@H](Nc2c(Nc3ccc(Cl)c4c3C(O)N(c3ccccc3CO)C4)c(=O)c2=O)C(C)(C)C)o1. The van der Waals surface area contributed by atoms with Gasteiger partial charge in [-0.2, -0.15) is 0 Å². The number of nitrogens with one attached hydrogen (secondary N) is 2. The molecule has 1 aliphatic rings. The van der Waals surface area contributed by atoms with Gasteiger partial charge >= 0.3 is 0 Å². The van der Waals surface area contributed by atoms with Gasteiger partial charge in [-0.15, -0.1) is 0 Å². The monoisotopic (exact) mass is 535 g/mol. The number of anilines is 4. The number of nitrogens with zero attached hydrogens (tertiary/aromatic N) is 1. The molecule has 8 nitrogen and oxygen atoms in total. The Morgan fingerprint density at radius 3 is 2.45 bits per heavy atom. The van der Waals surface area contributed by atoms with Crippen molar-refractivity contribution in [2.75, 3.05) is 15.5 Å². The van der Waals surface area contributed by atoms with Crippen molar-refractivity contribution in [1.29, 1.82) is 0 Å². The van der Waals surface area contributed by atoms with Gasteiger partial charge in [0.15, 0.2) is 6.23 Å². The molecule has 1 aliphatic heterocycles. The summed E-state index contributed by atoms with van der Waals surface area (Å²) in [5.74, 6) is 1.41. The van der Waals surface area contributed by atoms with Gasteiger partial charge in [-0.05, 0) is 48.2 Å². The fraction of sp³-hybridized carbons (Fsp3) is 0.310. The number of aliphatic hydroxyl groups excluding tert-OH is 2. The first-order valence-corrected chi connectivity index (χ1v) is 12.8. The summed E-state index contributed by atoms with van der Waals surface area (Å²) in [6, 6.07) is 14.0. The molecule has 0 radical (unpaired) electrons. The van der Waals surface area contributed by atoms with E-state index < -0.39 is 17.1 Å². The Balaban J connectivity index is 1.50. The number of fused-ring (bicyclic) bond motifs is 1. The molecule has 0 fully saturated rings. The van der Waals surface area contributed by atoms with E-state index in [1.165, 1.54) is 0 Å². The molecule has 5 rings (SSSR count). The molecule has 38 heavy (non-hydrogen) atoms. The highest BCUT2D eigenvalue weighted by Crippen LogP contribution is 2.45. The zero-order valence-corrected chi connectivity index (χ0v) is 22.4. The number of benzene rings is 2. The molecular weight excluding hydrogens is 506 g/mol. The molecular formula is C29H30ClN3O5. The first-order chi connectivity index (χ1) is 18.0. The second-order valence-electron chi connectivity index (χ2n) is 10.7. The van der Waals surface area contributed by atoms with Gasteiger partial charge in [0.25, 0.3) is 10.9 Å². The molecule has 1 aromatic heterocycles. The van der Waals surface area contributed by atoms with E-state index in [0.29, 0.717) is 45.4 Å². The Morgan fingerprint density at radius 1 is 1.08 bits per heavy atom. The molecule has 9 heteroatoms. The molecule has 1 unspecified atom stereocenters. The van der Waals surface area contributed by atoms with Gasteiger partial charge in [0.05, 0.1) is 12.6 Å². The summed E-state index contributed by atoms with van der Waals surface area (Å²) in [5.41, 5.74) is 1.73. The van der Waals surface area contributed by atoms with E-state index in [1.54, 1.807) is 23.1 Å². The number of aliphatic hydroxyl groups is 2. The summed E-state index contributed by atoms with van der Waals surface area (Å²) in [4.78, 5) is 27.1. The molecule has 0 saturated heterocycles. The lowest BCUT2D eigenvalue weighted by Gasteiger charge is -2.32. The first-order valence-electron chi connectivity index (χ1n) is 12.4. The van der Waals surface area contributed by atoms with Crippen LogP contribution in [0.3, 0.4) is 0 Å². The topological polar surface area (TPSA) is 115 Å². The molecule has 0 bridgehead atoms. The maximum atomic E-state index is 12.7. The number of para-hydroxylation sites is 1. The number of aryl methyl sites for hydroxylation is 1. The summed E-state index contributed by atoms with van der Waals surface area (Å²) in [7, 11) is 0. The largest absolute Gasteiger partial charge is 0.464 e. The number of rotatable bonds is 7. The van der Waals surface area contributed by atoms with E-state index in [0.717, 1.165) is 5.76 Å². The zero-order chi connectivity index (χ0) is 27.4. The third kappa shape index (κ3) is 4.38.